The number of alkyl carbamates (subject to hydrolysis) is 2. The molecule has 1 unspecified atom stereocenters. The predicted molar refractivity (Wildman–Crippen MR) is 308 cm³/mol. The van der Waals surface area contributed by atoms with Crippen LogP contribution in [0.2, 0.25) is 0 Å². The zero-order valence-electron chi connectivity index (χ0n) is 42.8. The quantitative estimate of drug-likeness (QED) is 0.140. The van der Waals surface area contributed by atoms with Gasteiger partial charge in [0, 0.05) is 80.5 Å². The van der Waals surface area contributed by atoms with E-state index >= 15 is 8.78 Å². The Balaban J connectivity index is 0.00000210. The maximum atomic E-state index is 17.5. The number of halogens is 2. The molecule has 16 nitrogen and oxygen atoms in total. The number of likely N-dealkylation sites (tertiary alicyclic amines) is 2. The first-order chi connectivity index (χ1) is 34.9. The third-order valence-electron chi connectivity index (χ3n) is 15.4. The summed E-state index contributed by atoms with van der Waals surface area (Å²) in [6.07, 6.45) is 10.3. The Labute approximate surface area is 472 Å². The van der Waals surface area contributed by atoms with Crippen molar-refractivity contribution in [2.24, 2.45) is 21.8 Å². The highest BCUT2D eigenvalue weighted by Gasteiger charge is 2.43. The van der Waals surface area contributed by atoms with Gasteiger partial charge >= 0.3 is 12.2 Å². The van der Waals surface area contributed by atoms with E-state index in [0.29, 0.717) is 80.8 Å². The number of benzene rings is 2. The number of rotatable bonds is 12. The fourth-order valence-electron chi connectivity index (χ4n) is 11.4. The number of nitrogens with zero attached hydrogens (tertiary/aromatic N) is 6. The topological polar surface area (TPSA) is 178 Å². The molecule has 4 amide bonds. The van der Waals surface area contributed by atoms with E-state index < -0.39 is 42.1 Å². The van der Waals surface area contributed by atoms with Gasteiger partial charge in [0.2, 0.25) is 18.0 Å². The van der Waals surface area contributed by atoms with Gasteiger partial charge in [0.15, 0.2) is 5.82 Å². The Kier molecular flexibility index (Phi) is 18.7. The second kappa shape index (κ2) is 24.3. The lowest BCUT2D eigenvalue weighted by atomic mass is 9.90. The van der Waals surface area contributed by atoms with E-state index in [-0.39, 0.29) is 107 Å². The standard InChI is InChI=1S/C53H58F2N8O8S.4H2S/c1-27(2)45(59-52(66)68-3)49(64)61-15-5-7-39(61)37-22-33(25-57-37)31-20-35(54)43-41(23-31)71-51(42-26-58-48(72-42)29-9-10-29)63-38-12-11-30(19-34(38)44(55)47(43)63)32-21-36(56-24-32)40-8-6-16-62(40)50(65)46(60-53(67)69-4)28-13-17-70-18-14-28;;;;/h11-12,19-20,23-29,39-40,45-46,51H,5-10,13-18,21-22H2,1-4H3,(H,59,66)(H,60,67);4*1H2/t39-,40-,45-,46-,51?;;;;/m0..../s1. The molecule has 8 heterocycles. The number of thiazole rings is 1. The first-order valence-electron chi connectivity index (χ1n) is 25.1. The molecular weight excluding hydrogens is 1070 g/mol. The van der Waals surface area contributed by atoms with E-state index in [4.69, 9.17) is 33.9 Å². The number of carbonyl (C=O) groups is 4. The van der Waals surface area contributed by atoms with Gasteiger partial charge in [-0.1, -0.05) is 19.9 Å². The SMILES string of the molecule is COC(=O)N[C@H](C(=O)N1CCC[C@H]1C1=NC=C(c2cc(F)c3c(c2)OC(c2cnc(C4CC4)s2)n2c-3c(F)c3cc(C4=CN=C([C@@H]5CCCN5C(=O)[C@@H](NC(=O)OC)C5CCOCC5)C4)ccc32)C1)C(C)C.S.S.S.S. The Hall–Kier alpha value is -5.07. The van der Waals surface area contributed by atoms with Crippen LogP contribution < -0.4 is 15.4 Å². The highest BCUT2D eigenvalue weighted by molar-refractivity contribution is 7.59. The first kappa shape index (κ1) is 58.6. The Bertz CT molecular complexity index is 3010. The number of carbonyl (C=O) groups excluding carboxylic acids is 4. The minimum Gasteiger partial charge on any atom is -0.464 e. The van der Waals surface area contributed by atoms with Gasteiger partial charge in [-0.15, -0.1) is 11.3 Å². The molecule has 5 atom stereocenters. The second-order valence-corrected chi connectivity index (χ2v) is 21.2. The molecule has 6 aliphatic heterocycles. The van der Waals surface area contributed by atoms with Gasteiger partial charge in [0.05, 0.1) is 53.0 Å². The van der Waals surface area contributed by atoms with Crippen LogP contribution in [0.5, 0.6) is 5.75 Å². The molecule has 2 aromatic carbocycles. The van der Waals surface area contributed by atoms with Crippen molar-refractivity contribution in [3.05, 3.63) is 81.6 Å². The number of amides is 4. The lowest BCUT2D eigenvalue weighted by molar-refractivity contribution is -0.135. The molecule has 76 heavy (non-hydrogen) atoms. The van der Waals surface area contributed by atoms with Crippen LogP contribution in [0.1, 0.15) is 111 Å². The van der Waals surface area contributed by atoms with Gasteiger partial charge in [0.25, 0.3) is 0 Å². The molecule has 23 heteroatoms. The molecule has 3 saturated heterocycles. The Morgan fingerprint density at radius 2 is 1.39 bits per heavy atom. The molecule has 7 aliphatic rings. The van der Waals surface area contributed by atoms with Gasteiger partial charge in [-0.2, -0.15) is 54.0 Å². The first-order valence-corrected chi connectivity index (χ1v) is 25.9. The number of aromatic nitrogens is 2. The van der Waals surface area contributed by atoms with Gasteiger partial charge in [-0.3, -0.25) is 24.1 Å². The van der Waals surface area contributed by atoms with E-state index in [2.05, 4.69) is 10.6 Å². The van der Waals surface area contributed by atoms with Crippen molar-refractivity contribution in [3.8, 4) is 17.0 Å². The van der Waals surface area contributed by atoms with Crippen LogP contribution in [0, 0.1) is 23.5 Å². The summed E-state index contributed by atoms with van der Waals surface area (Å²) < 4.78 is 58.3. The van der Waals surface area contributed by atoms with Crippen molar-refractivity contribution in [3.63, 3.8) is 0 Å². The molecule has 1 aliphatic carbocycles. The van der Waals surface area contributed by atoms with E-state index in [1.165, 1.54) is 31.6 Å². The summed E-state index contributed by atoms with van der Waals surface area (Å²) in [4.78, 5) is 71.5. The van der Waals surface area contributed by atoms with Crippen molar-refractivity contribution >= 4 is 123 Å². The van der Waals surface area contributed by atoms with E-state index in [9.17, 15) is 19.2 Å². The molecule has 0 bridgehead atoms. The smallest absolute Gasteiger partial charge is 0.407 e. The van der Waals surface area contributed by atoms with E-state index in [1.54, 1.807) is 40.2 Å². The molecule has 2 N–H and O–H groups in total. The minimum atomic E-state index is -0.843. The molecule has 4 fully saturated rings. The maximum absolute atomic E-state index is 17.5. The molecule has 4 aromatic rings. The average Bonchev–Trinajstić information content (AvgIpc) is 4.11. The summed E-state index contributed by atoms with van der Waals surface area (Å²) in [5, 5.41) is 6.79. The Morgan fingerprint density at radius 1 is 0.776 bits per heavy atom. The molecule has 410 valence electrons. The van der Waals surface area contributed by atoms with Crippen LogP contribution in [-0.2, 0) is 23.8 Å². The maximum Gasteiger partial charge on any atom is 0.407 e. The zero-order chi connectivity index (χ0) is 49.9. The summed E-state index contributed by atoms with van der Waals surface area (Å²) >= 11 is 1.53. The number of nitrogens with one attached hydrogen (secondary N) is 2. The van der Waals surface area contributed by atoms with Crippen molar-refractivity contribution in [1.29, 1.82) is 0 Å². The van der Waals surface area contributed by atoms with Gasteiger partial charge < -0.3 is 39.4 Å². The van der Waals surface area contributed by atoms with Crippen LogP contribution in [0.15, 0.2) is 58.9 Å². The van der Waals surface area contributed by atoms with Crippen molar-refractivity contribution < 1.29 is 46.9 Å². The van der Waals surface area contributed by atoms with Crippen LogP contribution in [-0.4, -0.2) is 119 Å². The largest absolute Gasteiger partial charge is 0.464 e. The number of allylic oxidation sites excluding steroid dienone is 2. The summed E-state index contributed by atoms with van der Waals surface area (Å²) in [5.74, 6) is -1.30. The summed E-state index contributed by atoms with van der Waals surface area (Å²) in [6, 6.07) is 6.64. The van der Waals surface area contributed by atoms with Gasteiger partial charge in [-0.25, -0.2) is 23.4 Å². The molecule has 2 aromatic heterocycles. The number of hydrogen-bond acceptors (Lipinski definition) is 12. The van der Waals surface area contributed by atoms with E-state index in [0.717, 1.165) is 70.1 Å². The number of ether oxygens (including phenoxy) is 4. The molecular formula is C53H66F2N8O8S5. The monoisotopic (exact) mass is 1140 g/mol. The Morgan fingerprint density at radius 3 is 2.01 bits per heavy atom. The molecule has 0 radical (unpaired) electrons. The molecule has 0 spiro atoms. The molecule has 1 saturated carbocycles. The van der Waals surface area contributed by atoms with Crippen LogP contribution in [0.4, 0.5) is 18.4 Å². The predicted octanol–water partition coefficient (Wildman–Crippen LogP) is 9.20. The highest BCUT2D eigenvalue weighted by Crippen LogP contribution is 2.51. The van der Waals surface area contributed by atoms with Crippen molar-refractivity contribution in [2.75, 3.05) is 40.5 Å². The number of fused-ring (bicyclic) bond motifs is 5. The minimum absolute atomic E-state index is 0. The second-order valence-electron chi connectivity index (χ2n) is 20.1. The third-order valence-corrected chi connectivity index (χ3v) is 16.6. The van der Waals surface area contributed by atoms with Gasteiger partial charge in [0.1, 0.15) is 23.7 Å². The summed E-state index contributed by atoms with van der Waals surface area (Å²) in [5.41, 5.74) is 5.09. The van der Waals surface area contributed by atoms with Crippen LogP contribution in [0.25, 0.3) is 33.3 Å². The summed E-state index contributed by atoms with van der Waals surface area (Å²) in [6.45, 7) is 5.81. The fourth-order valence-corrected chi connectivity index (χ4v) is 12.5. The lowest BCUT2D eigenvalue weighted by Gasteiger charge is -2.34. The average molecular weight is 1140 g/mol. The van der Waals surface area contributed by atoms with Gasteiger partial charge in [-0.05, 0) is 110 Å². The van der Waals surface area contributed by atoms with Crippen molar-refractivity contribution in [1.82, 2.24) is 30.0 Å². The van der Waals surface area contributed by atoms with Crippen molar-refractivity contribution in [2.45, 2.75) is 114 Å². The molecule has 11 rings (SSSR count). The number of aliphatic imine (C=N–C) groups is 2. The fraction of sp³-hybridized carbons (Fsp3) is 0.491. The normalized spacial score (nSPS) is 21.5. The third kappa shape index (κ3) is 11.0. The summed E-state index contributed by atoms with van der Waals surface area (Å²) in [7, 11) is 2.55. The number of hydrogen-bond donors (Lipinski definition) is 2. The lowest BCUT2D eigenvalue weighted by Crippen LogP contribution is -2.55. The van der Waals surface area contributed by atoms with Crippen LogP contribution in [0.3, 0.4) is 0 Å². The highest BCUT2D eigenvalue weighted by atomic mass is 32.1. The van der Waals surface area contributed by atoms with Crippen LogP contribution >= 0.6 is 65.3 Å². The van der Waals surface area contributed by atoms with E-state index in [1.807, 2.05) is 30.9 Å². The number of methoxy groups -OCH3 is 2. The zero-order valence-corrected chi connectivity index (χ0v) is 47.6.